The monoisotopic (exact) mass is 334 g/mol. The summed E-state index contributed by atoms with van der Waals surface area (Å²) in [6, 6.07) is 11.1. The number of hydrogen-bond acceptors (Lipinski definition) is 3. The smallest absolute Gasteiger partial charge is 0.0483 e. The Morgan fingerprint density at radius 3 is 2.39 bits per heavy atom. The fourth-order valence-corrected chi connectivity index (χ4v) is 3.76. The van der Waals surface area contributed by atoms with Crippen LogP contribution in [0.2, 0.25) is 0 Å². The van der Waals surface area contributed by atoms with Crippen molar-refractivity contribution in [3.05, 3.63) is 36.0 Å². The van der Waals surface area contributed by atoms with E-state index in [1.165, 1.54) is 62.4 Å². The molecule has 2 aliphatic heterocycles. The number of hydrogen-bond donors (Lipinski definition) is 0. The lowest BCUT2D eigenvalue weighted by atomic mass is 10.2. The molecule has 0 spiro atoms. The van der Waals surface area contributed by atoms with Gasteiger partial charge in [-0.2, -0.15) is 0 Å². The van der Waals surface area contributed by atoms with E-state index in [0.29, 0.717) is 0 Å². The van der Waals surface area contributed by atoms with Gasteiger partial charge in [0.1, 0.15) is 0 Å². The predicted molar refractivity (Wildman–Crippen MR) is 98.4 cm³/mol. The van der Waals surface area contributed by atoms with Crippen molar-refractivity contribution in [3.8, 4) is 0 Å². The molecule has 2 aliphatic rings. The van der Waals surface area contributed by atoms with E-state index in [0.717, 1.165) is 13.1 Å². The maximum Gasteiger partial charge on any atom is 0.0483 e. The van der Waals surface area contributed by atoms with Crippen LogP contribution in [0.15, 0.2) is 30.3 Å². The second-order valence-corrected chi connectivity index (χ2v) is 6.77. The summed E-state index contributed by atoms with van der Waals surface area (Å²) >= 11 is 0. The first-order valence-electron chi connectivity index (χ1n) is 8.50. The summed E-state index contributed by atoms with van der Waals surface area (Å²) in [5.41, 5.74) is 2.88. The Labute approximate surface area is 145 Å². The molecule has 4 rings (SSSR count). The number of fused-ring (bicyclic) bond motifs is 3. The molecule has 5 heteroatoms. The second-order valence-electron chi connectivity index (χ2n) is 6.77. The van der Waals surface area contributed by atoms with Crippen LogP contribution in [-0.4, -0.2) is 72.1 Å². The third kappa shape index (κ3) is 3.56. The molecule has 1 fully saturated rings. The molecule has 1 aromatic heterocycles. The lowest BCUT2D eigenvalue weighted by Gasteiger charge is -2.35. The van der Waals surface area contributed by atoms with Gasteiger partial charge in [0.25, 0.3) is 0 Å². The van der Waals surface area contributed by atoms with E-state index in [2.05, 4.69) is 56.6 Å². The molecule has 23 heavy (non-hydrogen) atoms. The highest BCUT2D eigenvalue weighted by Gasteiger charge is 2.20. The van der Waals surface area contributed by atoms with E-state index in [1.54, 1.807) is 0 Å². The van der Waals surface area contributed by atoms with Crippen molar-refractivity contribution in [2.24, 2.45) is 0 Å². The topological polar surface area (TPSA) is 14.7 Å². The number of para-hydroxylation sites is 1. The highest BCUT2D eigenvalue weighted by atomic mass is 35.5. The van der Waals surface area contributed by atoms with Crippen molar-refractivity contribution >= 4 is 23.3 Å². The van der Waals surface area contributed by atoms with Gasteiger partial charge in [-0.15, -0.1) is 12.4 Å². The summed E-state index contributed by atoms with van der Waals surface area (Å²) in [5.74, 6) is 0. The van der Waals surface area contributed by atoms with Crippen LogP contribution in [-0.2, 0) is 13.1 Å². The average molecular weight is 335 g/mol. The Morgan fingerprint density at radius 1 is 0.870 bits per heavy atom. The van der Waals surface area contributed by atoms with Crippen LogP contribution in [0.5, 0.6) is 0 Å². The molecular formula is C18H27ClN4. The fourth-order valence-electron chi connectivity index (χ4n) is 3.76. The van der Waals surface area contributed by atoms with Gasteiger partial charge in [-0.25, -0.2) is 0 Å². The van der Waals surface area contributed by atoms with Crippen LogP contribution >= 0.6 is 12.4 Å². The Hall–Kier alpha value is -1.07. The van der Waals surface area contributed by atoms with Gasteiger partial charge in [0, 0.05) is 70.1 Å². The largest absolute Gasteiger partial charge is 0.342 e. The first-order valence-corrected chi connectivity index (χ1v) is 8.50. The van der Waals surface area contributed by atoms with Crippen molar-refractivity contribution in [3.63, 3.8) is 0 Å². The van der Waals surface area contributed by atoms with Gasteiger partial charge in [-0.3, -0.25) is 9.80 Å². The number of piperazine rings is 1. The van der Waals surface area contributed by atoms with Gasteiger partial charge in [-0.05, 0) is 24.6 Å². The van der Waals surface area contributed by atoms with E-state index in [4.69, 9.17) is 0 Å². The van der Waals surface area contributed by atoms with Crippen LogP contribution in [0.1, 0.15) is 5.69 Å². The minimum atomic E-state index is 0. The summed E-state index contributed by atoms with van der Waals surface area (Å²) in [7, 11) is 2.22. The molecule has 1 aromatic carbocycles. The second kappa shape index (κ2) is 7.22. The minimum absolute atomic E-state index is 0. The van der Waals surface area contributed by atoms with E-state index < -0.39 is 0 Å². The number of aromatic nitrogens is 1. The predicted octanol–water partition coefficient (Wildman–Crippen LogP) is 2.13. The summed E-state index contributed by atoms with van der Waals surface area (Å²) in [6.45, 7) is 10.7. The number of nitrogens with zero attached hydrogens (tertiary/aromatic N) is 4. The van der Waals surface area contributed by atoms with E-state index >= 15 is 0 Å². The lowest BCUT2D eigenvalue weighted by Crippen LogP contribution is -2.47. The SMILES string of the molecule is CN1CCN(CCN2CCn3c(cc4ccccc43)C2)CC1.Cl. The minimum Gasteiger partial charge on any atom is -0.342 e. The molecule has 0 amide bonds. The van der Waals surface area contributed by atoms with Crippen molar-refractivity contribution in [1.82, 2.24) is 19.3 Å². The molecule has 0 atom stereocenters. The van der Waals surface area contributed by atoms with Crippen molar-refractivity contribution in [2.45, 2.75) is 13.1 Å². The lowest BCUT2D eigenvalue weighted by molar-refractivity contribution is 0.127. The fraction of sp³-hybridized carbons (Fsp3) is 0.556. The molecule has 4 nitrogen and oxygen atoms in total. The summed E-state index contributed by atoms with van der Waals surface area (Å²) < 4.78 is 2.50. The Kier molecular flexibility index (Phi) is 5.27. The summed E-state index contributed by atoms with van der Waals surface area (Å²) in [6.07, 6.45) is 0. The number of rotatable bonds is 3. The zero-order valence-electron chi connectivity index (χ0n) is 13.9. The Morgan fingerprint density at radius 2 is 1.57 bits per heavy atom. The van der Waals surface area contributed by atoms with Crippen LogP contribution in [0.4, 0.5) is 0 Å². The molecule has 0 radical (unpaired) electrons. The normalized spacial score (nSPS) is 20.4. The first kappa shape index (κ1) is 16.8. The highest BCUT2D eigenvalue weighted by molar-refractivity contribution is 5.85. The van der Waals surface area contributed by atoms with Gasteiger partial charge in [0.05, 0.1) is 0 Å². The zero-order valence-corrected chi connectivity index (χ0v) is 14.8. The third-order valence-corrected chi connectivity index (χ3v) is 5.25. The summed E-state index contributed by atoms with van der Waals surface area (Å²) in [4.78, 5) is 7.66. The van der Waals surface area contributed by atoms with E-state index in [9.17, 15) is 0 Å². The number of halogens is 1. The molecule has 0 bridgehead atoms. The summed E-state index contributed by atoms with van der Waals surface area (Å²) in [5, 5.41) is 1.39. The average Bonchev–Trinajstić information content (AvgIpc) is 2.92. The Bertz CT molecular complexity index is 646. The first-order chi connectivity index (χ1) is 10.8. The molecular weight excluding hydrogens is 308 g/mol. The molecule has 0 aliphatic carbocycles. The maximum atomic E-state index is 2.62. The van der Waals surface area contributed by atoms with Gasteiger partial charge in [0.2, 0.25) is 0 Å². The molecule has 2 aromatic rings. The van der Waals surface area contributed by atoms with Crippen LogP contribution in [0, 0.1) is 0 Å². The van der Waals surface area contributed by atoms with Gasteiger partial charge in [-0.1, -0.05) is 18.2 Å². The highest BCUT2D eigenvalue weighted by Crippen LogP contribution is 2.23. The molecule has 0 saturated carbocycles. The number of benzene rings is 1. The molecule has 0 unspecified atom stereocenters. The van der Waals surface area contributed by atoms with Crippen molar-refractivity contribution in [1.29, 1.82) is 0 Å². The van der Waals surface area contributed by atoms with Crippen molar-refractivity contribution < 1.29 is 0 Å². The van der Waals surface area contributed by atoms with Gasteiger partial charge < -0.3 is 9.47 Å². The van der Waals surface area contributed by atoms with Gasteiger partial charge >= 0.3 is 0 Å². The van der Waals surface area contributed by atoms with Gasteiger partial charge in [0.15, 0.2) is 0 Å². The molecule has 3 heterocycles. The maximum absolute atomic E-state index is 2.62. The molecule has 0 N–H and O–H groups in total. The zero-order chi connectivity index (χ0) is 14.9. The van der Waals surface area contributed by atoms with Crippen LogP contribution in [0.3, 0.4) is 0 Å². The van der Waals surface area contributed by atoms with Crippen LogP contribution in [0.25, 0.3) is 10.9 Å². The van der Waals surface area contributed by atoms with Crippen LogP contribution < -0.4 is 0 Å². The van der Waals surface area contributed by atoms with Crippen molar-refractivity contribution in [2.75, 3.05) is 52.9 Å². The quantitative estimate of drug-likeness (QED) is 0.854. The molecule has 1 saturated heterocycles. The Balaban J connectivity index is 0.00000156. The van der Waals surface area contributed by atoms with E-state index in [1.807, 2.05) is 0 Å². The standard InChI is InChI=1S/C18H26N4.ClH/c1-19-6-8-20(9-7-19)10-11-21-12-13-22-17(15-21)14-16-4-2-3-5-18(16)22;/h2-5,14H,6-13,15H2,1H3;1H. The molecule has 126 valence electrons. The third-order valence-electron chi connectivity index (χ3n) is 5.25. The number of likely N-dealkylation sites (N-methyl/N-ethyl adjacent to an activating group) is 1. The van der Waals surface area contributed by atoms with E-state index in [-0.39, 0.29) is 12.4 Å².